The third-order valence-electron chi connectivity index (χ3n) is 3.41. The summed E-state index contributed by atoms with van der Waals surface area (Å²) in [5, 5.41) is 9.09. The van der Waals surface area contributed by atoms with Gasteiger partial charge in [-0.1, -0.05) is 44.9 Å². The van der Waals surface area contributed by atoms with E-state index in [1.807, 2.05) is 30.3 Å². The summed E-state index contributed by atoms with van der Waals surface area (Å²) in [7, 11) is 1.71. The largest absolute Gasteiger partial charge is 0.356 e. The lowest BCUT2D eigenvalue weighted by Crippen LogP contribution is -2.43. The predicted octanol–water partition coefficient (Wildman–Crippen LogP) is 2.23. The van der Waals surface area contributed by atoms with Crippen LogP contribution in [0.2, 0.25) is 0 Å². The smallest absolute Gasteiger partial charge is 0.243 e. The van der Waals surface area contributed by atoms with Gasteiger partial charge in [-0.15, -0.1) is 0 Å². The second kappa shape index (κ2) is 9.80. The van der Waals surface area contributed by atoms with Crippen molar-refractivity contribution in [3.8, 4) is 0 Å². The molecular weight excluding hydrogens is 264 g/mol. The van der Waals surface area contributed by atoms with E-state index < -0.39 is 0 Å². The summed E-state index contributed by atoms with van der Waals surface area (Å²) in [6.45, 7) is 5.42. The molecule has 5 heteroatoms. The van der Waals surface area contributed by atoms with E-state index in [0.29, 0.717) is 11.9 Å². The van der Waals surface area contributed by atoms with Crippen LogP contribution >= 0.6 is 0 Å². The molecule has 0 aliphatic heterocycles. The molecule has 1 amide bonds. The Morgan fingerprint density at radius 1 is 1.14 bits per heavy atom. The van der Waals surface area contributed by atoms with E-state index in [2.05, 4.69) is 34.8 Å². The average Bonchev–Trinajstić information content (AvgIpc) is 2.52. The lowest BCUT2D eigenvalue weighted by atomic mass is 10.0. The van der Waals surface area contributed by atoms with Crippen molar-refractivity contribution in [3.63, 3.8) is 0 Å². The Morgan fingerprint density at radius 3 is 2.38 bits per heavy atom. The molecule has 0 aliphatic carbocycles. The Bertz CT molecular complexity index is 441. The van der Waals surface area contributed by atoms with Crippen LogP contribution in [0, 0.1) is 5.92 Å². The zero-order valence-electron chi connectivity index (χ0n) is 13.1. The lowest BCUT2D eigenvalue weighted by molar-refractivity contribution is -0.115. The molecule has 0 aromatic heterocycles. The summed E-state index contributed by atoms with van der Waals surface area (Å²) < 4.78 is 0. The summed E-state index contributed by atoms with van der Waals surface area (Å²) in [4.78, 5) is 15.9. The van der Waals surface area contributed by atoms with Crippen LogP contribution < -0.4 is 16.0 Å². The highest BCUT2D eigenvalue weighted by Gasteiger charge is 2.06. The minimum atomic E-state index is -0.0910. The fourth-order valence-corrected chi connectivity index (χ4v) is 1.93. The molecule has 1 rings (SSSR count). The maximum absolute atomic E-state index is 11.8. The molecule has 0 radical (unpaired) electrons. The zero-order valence-corrected chi connectivity index (χ0v) is 13.1. The maximum Gasteiger partial charge on any atom is 0.243 e. The molecule has 5 nitrogen and oxygen atoms in total. The molecule has 0 saturated carbocycles. The number of hydrogen-bond acceptors (Lipinski definition) is 2. The van der Waals surface area contributed by atoms with E-state index in [0.717, 1.165) is 25.1 Å². The van der Waals surface area contributed by atoms with Crippen molar-refractivity contribution in [2.45, 2.75) is 26.7 Å². The van der Waals surface area contributed by atoms with Gasteiger partial charge in [-0.3, -0.25) is 9.79 Å². The number of anilines is 1. The van der Waals surface area contributed by atoms with Crippen LogP contribution in [0.5, 0.6) is 0 Å². The van der Waals surface area contributed by atoms with Gasteiger partial charge in [-0.25, -0.2) is 0 Å². The topological polar surface area (TPSA) is 65.5 Å². The number of para-hydroxylation sites is 1. The van der Waals surface area contributed by atoms with E-state index in [9.17, 15) is 4.79 Å². The maximum atomic E-state index is 11.8. The lowest BCUT2D eigenvalue weighted by Gasteiger charge is -2.16. The minimum Gasteiger partial charge on any atom is -0.356 e. The number of amides is 1. The fourth-order valence-electron chi connectivity index (χ4n) is 1.93. The van der Waals surface area contributed by atoms with Gasteiger partial charge in [0.1, 0.15) is 0 Å². The number of nitrogens with zero attached hydrogens (tertiary/aromatic N) is 1. The number of aliphatic imine (C=N–C) groups is 1. The normalized spacial score (nSPS) is 11.3. The SMILES string of the molecule is CCC(CC)CNC(=NC)NCC(=O)Nc1ccccc1. The average molecular weight is 290 g/mol. The van der Waals surface area contributed by atoms with Crippen molar-refractivity contribution in [2.24, 2.45) is 10.9 Å². The van der Waals surface area contributed by atoms with E-state index >= 15 is 0 Å². The Hall–Kier alpha value is -2.04. The number of nitrogens with one attached hydrogen (secondary N) is 3. The summed E-state index contributed by atoms with van der Waals surface area (Å²) in [6, 6.07) is 9.41. The van der Waals surface area contributed by atoms with Crippen molar-refractivity contribution in [1.82, 2.24) is 10.6 Å². The molecular formula is C16H26N4O. The van der Waals surface area contributed by atoms with Gasteiger partial charge >= 0.3 is 0 Å². The molecule has 0 saturated heterocycles. The van der Waals surface area contributed by atoms with Crippen LogP contribution in [-0.2, 0) is 4.79 Å². The zero-order chi connectivity index (χ0) is 15.5. The molecule has 1 aromatic rings. The van der Waals surface area contributed by atoms with E-state index in [1.54, 1.807) is 7.05 Å². The first-order chi connectivity index (χ1) is 10.2. The number of carbonyl (C=O) groups is 1. The van der Waals surface area contributed by atoms with Crippen molar-refractivity contribution in [2.75, 3.05) is 25.5 Å². The standard InChI is InChI=1S/C16H26N4O/c1-4-13(5-2)11-18-16(17-3)19-12-15(21)20-14-9-7-6-8-10-14/h6-10,13H,4-5,11-12H2,1-3H3,(H,20,21)(H2,17,18,19). The summed E-state index contributed by atoms with van der Waals surface area (Å²) >= 11 is 0. The molecule has 21 heavy (non-hydrogen) atoms. The Labute approximate surface area is 127 Å². The highest BCUT2D eigenvalue weighted by molar-refractivity contribution is 5.94. The second-order valence-electron chi connectivity index (χ2n) is 4.90. The summed E-state index contributed by atoms with van der Waals surface area (Å²) in [6.07, 6.45) is 2.27. The van der Waals surface area contributed by atoms with E-state index in [1.165, 1.54) is 0 Å². The first-order valence-corrected chi connectivity index (χ1v) is 7.49. The molecule has 1 aromatic carbocycles. The summed E-state index contributed by atoms with van der Waals surface area (Å²) in [5.74, 6) is 1.19. The molecule has 0 aliphatic rings. The number of hydrogen-bond donors (Lipinski definition) is 3. The highest BCUT2D eigenvalue weighted by Crippen LogP contribution is 2.05. The van der Waals surface area contributed by atoms with Crippen molar-refractivity contribution < 1.29 is 4.79 Å². The van der Waals surface area contributed by atoms with E-state index in [-0.39, 0.29) is 12.5 Å². The molecule has 0 atom stereocenters. The van der Waals surface area contributed by atoms with Gasteiger partial charge in [-0.05, 0) is 18.1 Å². The van der Waals surface area contributed by atoms with Gasteiger partial charge in [0, 0.05) is 19.3 Å². The van der Waals surface area contributed by atoms with Gasteiger partial charge < -0.3 is 16.0 Å². The first-order valence-electron chi connectivity index (χ1n) is 7.49. The van der Waals surface area contributed by atoms with E-state index in [4.69, 9.17) is 0 Å². The van der Waals surface area contributed by atoms with Gasteiger partial charge in [0.25, 0.3) is 0 Å². The number of guanidine groups is 1. The Morgan fingerprint density at radius 2 is 1.81 bits per heavy atom. The third kappa shape index (κ3) is 6.79. The Kier molecular flexibility index (Phi) is 7.94. The molecule has 0 spiro atoms. The highest BCUT2D eigenvalue weighted by atomic mass is 16.1. The van der Waals surface area contributed by atoms with Crippen molar-refractivity contribution >= 4 is 17.6 Å². The molecule has 0 fully saturated rings. The number of benzene rings is 1. The molecule has 3 N–H and O–H groups in total. The molecule has 0 unspecified atom stereocenters. The molecule has 0 bridgehead atoms. The van der Waals surface area contributed by atoms with Crippen molar-refractivity contribution in [1.29, 1.82) is 0 Å². The predicted molar refractivity (Wildman–Crippen MR) is 88.5 cm³/mol. The van der Waals surface area contributed by atoms with Crippen molar-refractivity contribution in [3.05, 3.63) is 30.3 Å². The van der Waals surface area contributed by atoms with Crippen LogP contribution in [-0.4, -0.2) is 32.0 Å². The van der Waals surface area contributed by atoms with Crippen LogP contribution in [0.1, 0.15) is 26.7 Å². The third-order valence-corrected chi connectivity index (χ3v) is 3.41. The van der Waals surface area contributed by atoms with Gasteiger partial charge in [-0.2, -0.15) is 0 Å². The Balaban J connectivity index is 2.33. The van der Waals surface area contributed by atoms with Gasteiger partial charge in [0.05, 0.1) is 6.54 Å². The number of carbonyl (C=O) groups excluding carboxylic acids is 1. The second-order valence-corrected chi connectivity index (χ2v) is 4.90. The van der Waals surface area contributed by atoms with Gasteiger partial charge in [0.15, 0.2) is 5.96 Å². The monoisotopic (exact) mass is 290 g/mol. The van der Waals surface area contributed by atoms with Crippen LogP contribution in [0.15, 0.2) is 35.3 Å². The molecule has 116 valence electrons. The quantitative estimate of drug-likeness (QED) is 0.533. The van der Waals surface area contributed by atoms with Gasteiger partial charge in [0.2, 0.25) is 5.91 Å². The first kappa shape index (κ1) is 17.0. The van der Waals surface area contributed by atoms with Crippen LogP contribution in [0.25, 0.3) is 0 Å². The fraction of sp³-hybridized carbons (Fsp3) is 0.500. The van der Waals surface area contributed by atoms with Crippen LogP contribution in [0.3, 0.4) is 0 Å². The minimum absolute atomic E-state index is 0.0910. The molecule has 0 heterocycles. The summed E-state index contributed by atoms with van der Waals surface area (Å²) in [5.41, 5.74) is 0.796. The number of rotatable bonds is 7. The van der Waals surface area contributed by atoms with Crippen LogP contribution in [0.4, 0.5) is 5.69 Å².